The molecule has 2 aromatic carbocycles. The molecular weight excluding hydrogens is 426 g/mol. The SMILES string of the molecule is COc1cc2oc(=O)c(CC(=O)NC(Cc3ccc(O)cc3)C(=O)O)c(C)c2cc1Cl. The number of ether oxygens (including phenoxy) is 1. The number of benzene rings is 2. The number of nitrogens with one attached hydrogen (secondary N) is 1. The number of aromatic hydroxyl groups is 1. The zero-order valence-corrected chi connectivity index (χ0v) is 17.5. The summed E-state index contributed by atoms with van der Waals surface area (Å²) in [6.07, 6.45) is -0.338. The first-order chi connectivity index (χ1) is 14.7. The fourth-order valence-corrected chi connectivity index (χ4v) is 3.47. The fourth-order valence-electron chi connectivity index (χ4n) is 3.22. The molecule has 31 heavy (non-hydrogen) atoms. The van der Waals surface area contributed by atoms with E-state index in [4.69, 9.17) is 20.8 Å². The van der Waals surface area contributed by atoms with Crippen molar-refractivity contribution in [3.63, 3.8) is 0 Å². The molecule has 162 valence electrons. The van der Waals surface area contributed by atoms with Crippen LogP contribution in [0, 0.1) is 6.92 Å². The minimum Gasteiger partial charge on any atom is -0.508 e. The summed E-state index contributed by atoms with van der Waals surface area (Å²) >= 11 is 6.16. The van der Waals surface area contributed by atoms with Crippen LogP contribution in [0.2, 0.25) is 5.02 Å². The van der Waals surface area contributed by atoms with Gasteiger partial charge in [0.05, 0.1) is 24.1 Å². The van der Waals surface area contributed by atoms with E-state index in [0.717, 1.165) is 0 Å². The molecule has 1 amide bonds. The predicted molar refractivity (Wildman–Crippen MR) is 114 cm³/mol. The third kappa shape index (κ3) is 4.97. The van der Waals surface area contributed by atoms with Gasteiger partial charge < -0.3 is 24.7 Å². The minimum absolute atomic E-state index is 0.0159. The monoisotopic (exact) mass is 445 g/mol. The van der Waals surface area contributed by atoms with Gasteiger partial charge in [0, 0.05) is 17.9 Å². The van der Waals surface area contributed by atoms with E-state index in [9.17, 15) is 24.6 Å². The first-order valence-corrected chi connectivity index (χ1v) is 9.67. The first kappa shape index (κ1) is 22.2. The molecule has 0 fully saturated rings. The van der Waals surface area contributed by atoms with Crippen LogP contribution in [0.5, 0.6) is 11.5 Å². The number of carboxylic acids is 1. The Morgan fingerprint density at radius 3 is 2.52 bits per heavy atom. The number of carbonyl (C=O) groups is 2. The molecule has 9 heteroatoms. The van der Waals surface area contributed by atoms with Crippen LogP contribution in [-0.2, 0) is 22.4 Å². The van der Waals surface area contributed by atoms with Crippen molar-refractivity contribution < 1.29 is 29.0 Å². The molecular formula is C22H20ClNO7. The summed E-state index contributed by atoms with van der Waals surface area (Å²) in [7, 11) is 1.44. The summed E-state index contributed by atoms with van der Waals surface area (Å²) < 4.78 is 10.4. The number of rotatable bonds is 7. The lowest BCUT2D eigenvalue weighted by molar-refractivity contribution is -0.141. The number of fused-ring (bicyclic) bond motifs is 1. The van der Waals surface area contributed by atoms with Gasteiger partial charge in [-0.1, -0.05) is 23.7 Å². The van der Waals surface area contributed by atoms with Crippen molar-refractivity contribution in [1.82, 2.24) is 5.32 Å². The molecule has 3 rings (SSSR count). The van der Waals surface area contributed by atoms with Crippen LogP contribution in [0.15, 0.2) is 45.6 Å². The Morgan fingerprint density at radius 2 is 1.90 bits per heavy atom. The van der Waals surface area contributed by atoms with Gasteiger partial charge in [0.25, 0.3) is 0 Å². The molecule has 1 aromatic heterocycles. The topological polar surface area (TPSA) is 126 Å². The van der Waals surface area contributed by atoms with E-state index in [-0.39, 0.29) is 29.7 Å². The molecule has 0 aliphatic heterocycles. The molecule has 3 aromatic rings. The average molecular weight is 446 g/mol. The highest BCUT2D eigenvalue weighted by molar-refractivity contribution is 6.32. The smallest absolute Gasteiger partial charge is 0.340 e. The van der Waals surface area contributed by atoms with Gasteiger partial charge in [-0.05, 0) is 36.2 Å². The van der Waals surface area contributed by atoms with Crippen molar-refractivity contribution in [2.45, 2.75) is 25.8 Å². The lowest BCUT2D eigenvalue weighted by Crippen LogP contribution is -2.43. The van der Waals surface area contributed by atoms with Gasteiger partial charge in [-0.2, -0.15) is 0 Å². The number of hydrogen-bond acceptors (Lipinski definition) is 6. The number of phenolic OH excluding ortho intramolecular Hbond substituents is 1. The number of halogens is 1. The maximum Gasteiger partial charge on any atom is 0.340 e. The summed E-state index contributed by atoms with van der Waals surface area (Å²) in [4.78, 5) is 36.6. The number of carbonyl (C=O) groups excluding carboxylic acids is 1. The summed E-state index contributed by atoms with van der Waals surface area (Å²) in [5, 5.41) is 22.1. The van der Waals surface area contributed by atoms with Gasteiger partial charge in [0.15, 0.2) is 0 Å². The third-order valence-electron chi connectivity index (χ3n) is 4.91. The van der Waals surface area contributed by atoms with Crippen LogP contribution in [0.1, 0.15) is 16.7 Å². The first-order valence-electron chi connectivity index (χ1n) is 9.29. The van der Waals surface area contributed by atoms with Crippen LogP contribution in [0.3, 0.4) is 0 Å². The number of aliphatic carboxylic acids is 1. The van der Waals surface area contributed by atoms with Gasteiger partial charge in [0.2, 0.25) is 5.91 Å². The number of carboxylic acid groups (broad SMARTS) is 1. The van der Waals surface area contributed by atoms with Crippen molar-refractivity contribution in [1.29, 1.82) is 0 Å². The predicted octanol–water partition coefficient (Wildman–Crippen LogP) is 2.82. The molecule has 1 heterocycles. The molecule has 3 N–H and O–H groups in total. The molecule has 0 saturated carbocycles. The van der Waals surface area contributed by atoms with E-state index in [1.807, 2.05) is 0 Å². The third-order valence-corrected chi connectivity index (χ3v) is 5.20. The fraction of sp³-hybridized carbons (Fsp3) is 0.227. The van der Waals surface area contributed by atoms with Crippen LogP contribution in [0.25, 0.3) is 11.0 Å². The molecule has 0 saturated heterocycles. The zero-order valence-electron chi connectivity index (χ0n) is 16.8. The Bertz CT molecular complexity index is 1200. The Kier molecular flexibility index (Phi) is 6.50. The maximum absolute atomic E-state index is 12.5. The Balaban J connectivity index is 1.83. The van der Waals surface area contributed by atoms with E-state index in [1.165, 1.54) is 25.3 Å². The Hall–Kier alpha value is -3.52. The van der Waals surface area contributed by atoms with Gasteiger partial charge in [-0.3, -0.25) is 4.79 Å². The number of aryl methyl sites for hydroxylation is 1. The molecule has 0 radical (unpaired) electrons. The van der Waals surface area contributed by atoms with E-state index in [1.54, 1.807) is 25.1 Å². The zero-order chi connectivity index (χ0) is 22.7. The van der Waals surface area contributed by atoms with Crippen molar-refractivity contribution in [2.75, 3.05) is 7.11 Å². The van der Waals surface area contributed by atoms with Crippen LogP contribution < -0.4 is 15.7 Å². The molecule has 1 unspecified atom stereocenters. The summed E-state index contributed by atoms with van der Waals surface area (Å²) in [5.74, 6) is -1.46. The summed E-state index contributed by atoms with van der Waals surface area (Å²) in [6, 6.07) is 7.87. The van der Waals surface area contributed by atoms with Crippen LogP contribution >= 0.6 is 11.6 Å². The summed E-state index contributed by atoms with van der Waals surface area (Å²) in [5.41, 5.74) is 0.811. The van der Waals surface area contributed by atoms with E-state index < -0.39 is 23.5 Å². The second-order valence-electron chi connectivity index (χ2n) is 6.98. The lowest BCUT2D eigenvalue weighted by atomic mass is 10.0. The van der Waals surface area contributed by atoms with E-state index >= 15 is 0 Å². The average Bonchev–Trinajstić information content (AvgIpc) is 2.72. The van der Waals surface area contributed by atoms with Crippen molar-refractivity contribution in [3.8, 4) is 11.5 Å². The van der Waals surface area contributed by atoms with Gasteiger partial charge >= 0.3 is 11.6 Å². The highest BCUT2D eigenvalue weighted by Crippen LogP contribution is 2.31. The maximum atomic E-state index is 12.5. The van der Waals surface area contributed by atoms with Crippen molar-refractivity contribution >= 4 is 34.4 Å². The van der Waals surface area contributed by atoms with Gasteiger partial charge in [0.1, 0.15) is 23.1 Å². The number of amides is 1. The molecule has 1 atom stereocenters. The molecule has 0 bridgehead atoms. The standard InChI is InChI=1S/C22H20ClNO7/c1-11-14-8-16(23)19(30-2)10-18(14)31-22(29)15(11)9-20(26)24-17(21(27)28)7-12-3-5-13(25)6-4-12/h3-6,8,10,17,25H,7,9H2,1-2H3,(H,24,26)(H,27,28). The highest BCUT2D eigenvalue weighted by atomic mass is 35.5. The lowest BCUT2D eigenvalue weighted by Gasteiger charge is -2.15. The summed E-state index contributed by atoms with van der Waals surface area (Å²) in [6.45, 7) is 1.66. The van der Waals surface area contributed by atoms with Crippen LogP contribution in [-0.4, -0.2) is 35.2 Å². The number of methoxy groups -OCH3 is 1. The van der Waals surface area contributed by atoms with Crippen molar-refractivity contribution in [3.05, 3.63) is 68.5 Å². The quantitative estimate of drug-likeness (QED) is 0.477. The second-order valence-corrected chi connectivity index (χ2v) is 7.39. The second kappa shape index (κ2) is 9.09. The molecule has 0 aliphatic carbocycles. The molecule has 0 spiro atoms. The van der Waals surface area contributed by atoms with E-state index in [2.05, 4.69) is 5.32 Å². The van der Waals surface area contributed by atoms with Gasteiger partial charge in [-0.15, -0.1) is 0 Å². The number of hydrogen-bond donors (Lipinski definition) is 3. The number of phenols is 1. The Labute approximate surface area is 182 Å². The Morgan fingerprint density at radius 1 is 1.23 bits per heavy atom. The molecule has 8 nitrogen and oxygen atoms in total. The van der Waals surface area contributed by atoms with Crippen molar-refractivity contribution in [2.24, 2.45) is 0 Å². The minimum atomic E-state index is -1.22. The van der Waals surface area contributed by atoms with E-state index in [0.29, 0.717) is 27.3 Å². The van der Waals surface area contributed by atoms with Crippen LogP contribution in [0.4, 0.5) is 0 Å². The normalized spacial score (nSPS) is 11.8. The van der Waals surface area contributed by atoms with Gasteiger partial charge in [-0.25, -0.2) is 9.59 Å². The largest absolute Gasteiger partial charge is 0.508 e. The molecule has 0 aliphatic rings. The highest BCUT2D eigenvalue weighted by Gasteiger charge is 2.23.